The van der Waals surface area contributed by atoms with Gasteiger partial charge in [-0.2, -0.15) is 5.10 Å². The van der Waals surface area contributed by atoms with Gasteiger partial charge < -0.3 is 10.2 Å². The summed E-state index contributed by atoms with van der Waals surface area (Å²) in [4.78, 5) is 2.56. The molecule has 0 aliphatic carbocycles. The van der Waals surface area contributed by atoms with Gasteiger partial charge in [-0.25, -0.2) is 4.68 Å². The predicted octanol–water partition coefficient (Wildman–Crippen LogP) is 4.78. The first-order valence-electron chi connectivity index (χ1n) is 10.0. The van der Waals surface area contributed by atoms with Gasteiger partial charge in [-0.05, 0) is 69.8 Å². The third-order valence-electron chi connectivity index (χ3n) is 5.90. The third-order valence-corrected chi connectivity index (χ3v) is 6.31. The van der Waals surface area contributed by atoms with Gasteiger partial charge in [-0.15, -0.1) is 0 Å². The van der Waals surface area contributed by atoms with E-state index >= 15 is 0 Å². The Bertz CT molecular complexity index is 783. The smallest absolute Gasteiger partial charge is 0.133 e. The van der Waals surface area contributed by atoms with Gasteiger partial charge in [-0.3, -0.25) is 0 Å². The van der Waals surface area contributed by atoms with Crippen molar-refractivity contribution in [3.8, 4) is 5.69 Å². The molecular formula is C21H29ClN4. The van der Waals surface area contributed by atoms with Gasteiger partial charge in [0.1, 0.15) is 5.82 Å². The van der Waals surface area contributed by atoms with Crippen molar-refractivity contribution in [2.75, 3.05) is 31.5 Å². The van der Waals surface area contributed by atoms with Gasteiger partial charge in [0.05, 0.1) is 11.4 Å². The van der Waals surface area contributed by atoms with Crippen molar-refractivity contribution in [3.63, 3.8) is 0 Å². The quantitative estimate of drug-likeness (QED) is 0.841. The lowest BCUT2D eigenvalue weighted by atomic mass is 9.91. The molecule has 1 fully saturated rings. The first kappa shape index (κ1) is 17.9. The minimum absolute atomic E-state index is 0.541. The van der Waals surface area contributed by atoms with Crippen LogP contribution < -0.4 is 5.32 Å². The summed E-state index contributed by atoms with van der Waals surface area (Å²) < 4.78 is 2.10. The zero-order chi connectivity index (χ0) is 18.1. The Kier molecular flexibility index (Phi) is 5.23. The number of benzene rings is 1. The van der Waals surface area contributed by atoms with Crippen molar-refractivity contribution in [2.45, 2.75) is 51.9 Å². The van der Waals surface area contributed by atoms with Crippen molar-refractivity contribution < 1.29 is 0 Å². The molecule has 26 heavy (non-hydrogen) atoms. The van der Waals surface area contributed by atoms with Gasteiger partial charge in [-0.1, -0.05) is 24.6 Å². The Morgan fingerprint density at radius 2 is 2.15 bits per heavy atom. The molecule has 0 amide bonds. The summed E-state index contributed by atoms with van der Waals surface area (Å²) in [5.74, 6) is 1.73. The third kappa shape index (κ3) is 3.37. The van der Waals surface area contributed by atoms with Crippen molar-refractivity contribution in [3.05, 3.63) is 40.0 Å². The molecule has 4 rings (SSSR count). The number of aromatic nitrogens is 2. The fraction of sp³-hybridized carbons (Fsp3) is 0.571. The van der Waals surface area contributed by atoms with Crippen LogP contribution in [0.15, 0.2) is 18.2 Å². The molecule has 0 radical (unpaired) electrons. The molecule has 2 aliphatic rings. The number of anilines is 1. The molecule has 1 N–H and O–H groups in total. The molecule has 140 valence electrons. The van der Waals surface area contributed by atoms with E-state index in [0.29, 0.717) is 5.92 Å². The van der Waals surface area contributed by atoms with Gasteiger partial charge in [0.15, 0.2) is 0 Å². The van der Waals surface area contributed by atoms with E-state index < -0.39 is 0 Å². The lowest BCUT2D eigenvalue weighted by molar-refractivity contribution is 0.215. The average Bonchev–Trinajstić information content (AvgIpc) is 2.85. The van der Waals surface area contributed by atoms with E-state index in [9.17, 15) is 0 Å². The van der Waals surface area contributed by atoms with E-state index in [1.54, 1.807) is 0 Å². The maximum absolute atomic E-state index is 6.40. The van der Waals surface area contributed by atoms with Crippen LogP contribution in [0.5, 0.6) is 0 Å². The van der Waals surface area contributed by atoms with E-state index in [2.05, 4.69) is 34.0 Å². The minimum atomic E-state index is 0.541. The van der Waals surface area contributed by atoms with Gasteiger partial charge >= 0.3 is 0 Å². The highest BCUT2D eigenvalue weighted by Gasteiger charge is 2.29. The molecule has 1 atom stereocenters. The highest BCUT2D eigenvalue weighted by atomic mass is 35.5. The monoisotopic (exact) mass is 372 g/mol. The number of likely N-dealkylation sites (tertiary alicyclic amines) is 1. The van der Waals surface area contributed by atoms with Crippen LogP contribution in [0.3, 0.4) is 0 Å². The summed E-state index contributed by atoms with van der Waals surface area (Å²) in [6.07, 6.45) is 6.09. The fourth-order valence-corrected chi connectivity index (χ4v) is 4.50. The number of rotatable bonds is 3. The second-order valence-electron chi connectivity index (χ2n) is 7.67. The Morgan fingerprint density at radius 1 is 1.27 bits per heavy atom. The van der Waals surface area contributed by atoms with E-state index in [1.165, 1.54) is 49.3 Å². The first-order chi connectivity index (χ1) is 12.7. The Labute approximate surface area is 161 Å². The number of nitrogens with one attached hydrogen (secondary N) is 1. The number of halogens is 1. The summed E-state index contributed by atoms with van der Waals surface area (Å²) in [7, 11) is 0. The molecular weight excluding hydrogens is 344 g/mol. The van der Waals surface area contributed by atoms with Crippen LogP contribution in [0.4, 0.5) is 5.82 Å². The number of fused-ring (bicyclic) bond motifs is 1. The number of hydrogen-bond acceptors (Lipinski definition) is 3. The number of nitrogens with zero attached hydrogens (tertiary/aromatic N) is 3. The molecule has 1 saturated heterocycles. The van der Waals surface area contributed by atoms with E-state index in [-0.39, 0.29) is 0 Å². The molecule has 0 spiro atoms. The SMILES string of the molecule is CCN1CCCC(c2nn(-c3ccc(C)c(Cl)c3)c3c2CCCCN3)C1. The topological polar surface area (TPSA) is 33.1 Å². The predicted molar refractivity (Wildman–Crippen MR) is 109 cm³/mol. The lowest BCUT2D eigenvalue weighted by Gasteiger charge is -2.31. The molecule has 2 aromatic rings. The zero-order valence-corrected chi connectivity index (χ0v) is 16.6. The van der Waals surface area contributed by atoms with Crippen LogP contribution in [0.2, 0.25) is 5.02 Å². The standard InChI is InChI=1S/C21H29ClN4/c1-3-25-12-6-7-16(14-25)20-18-8-4-5-11-23-21(18)26(24-20)17-10-9-15(2)19(22)13-17/h9-10,13,16,23H,3-8,11-12,14H2,1-2H3. The first-order valence-corrected chi connectivity index (χ1v) is 10.4. The number of hydrogen-bond donors (Lipinski definition) is 1. The number of aryl methyl sites for hydroxylation is 1. The second kappa shape index (κ2) is 7.61. The summed E-state index contributed by atoms with van der Waals surface area (Å²) in [5.41, 5.74) is 4.90. The fourth-order valence-electron chi connectivity index (χ4n) is 4.32. The van der Waals surface area contributed by atoms with Crippen LogP contribution in [0.25, 0.3) is 5.69 Å². The molecule has 4 nitrogen and oxygen atoms in total. The van der Waals surface area contributed by atoms with E-state index in [0.717, 1.165) is 42.3 Å². The van der Waals surface area contributed by atoms with Crippen LogP contribution in [0.1, 0.15) is 55.3 Å². The lowest BCUT2D eigenvalue weighted by Crippen LogP contribution is -2.34. The van der Waals surface area contributed by atoms with Crippen LogP contribution in [-0.2, 0) is 6.42 Å². The molecule has 2 aliphatic heterocycles. The number of piperidine rings is 1. The summed E-state index contributed by atoms with van der Waals surface area (Å²) >= 11 is 6.40. The second-order valence-corrected chi connectivity index (χ2v) is 8.08. The van der Waals surface area contributed by atoms with Gasteiger partial charge in [0.2, 0.25) is 0 Å². The highest BCUT2D eigenvalue weighted by Crippen LogP contribution is 2.36. The maximum atomic E-state index is 6.40. The maximum Gasteiger partial charge on any atom is 0.133 e. The Balaban J connectivity index is 1.77. The molecule has 0 saturated carbocycles. The molecule has 0 bridgehead atoms. The summed E-state index contributed by atoms with van der Waals surface area (Å²) in [6, 6.07) is 6.26. The normalized spacial score (nSPS) is 21.1. The highest BCUT2D eigenvalue weighted by molar-refractivity contribution is 6.31. The Hall–Kier alpha value is -1.52. The van der Waals surface area contributed by atoms with Gasteiger partial charge in [0.25, 0.3) is 0 Å². The summed E-state index contributed by atoms with van der Waals surface area (Å²) in [6.45, 7) is 8.81. The van der Waals surface area contributed by atoms with Crippen molar-refractivity contribution >= 4 is 17.4 Å². The molecule has 5 heteroatoms. The molecule has 1 unspecified atom stereocenters. The van der Waals surface area contributed by atoms with Crippen LogP contribution in [0, 0.1) is 6.92 Å². The van der Waals surface area contributed by atoms with Gasteiger partial charge in [0, 0.05) is 29.6 Å². The molecule has 1 aromatic heterocycles. The number of likely N-dealkylation sites (N-methyl/N-ethyl adjacent to an activating group) is 1. The van der Waals surface area contributed by atoms with Crippen molar-refractivity contribution in [2.24, 2.45) is 0 Å². The van der Waals surface area contributed by atoms with Crippen LogP contribution >= 0.6 is 11.6 Å². The van der Waals surface area contributed by atoms with Crippen molar-refractivity contribution in [1.29, 1.82) is 0 Å². The van der Waals surface area contributed by atoms with E-state index in [4.69, 9.17) is 16.7 Å². The minimum Gasteiger partial charge on any atom is -0.370 e. The van der Waals surface area contributed by atoms with Crippen molar-refractivity contribution in [1.82, 2.24) is 14.7 Å². The Morgan fingerprint density at radius 3 is 2.96 bits per heavy atom. The molecule has 1 aromatic carbocycles. The van der Waals surface area contributed by atoms with E-state index in [1.807, 2.05) is 13.0 Å². The van der Waals surface area contributed by atoms with Crippen LogP contribution in [-0.4, -0.2) is 40.9 Å². The zero-order valence-electron chi connectivity index (χ0n) is 15.9. The largest absolute Gasteiger partial charge is 0.370 e. The molecule has 3 heterocycles. The average molecular weight is 373 g/mol. The summed E-state index contributed by atoms with van der Waals surface area (Å²) in [5, 5.41) is 9.59.